The summed E-state index contributed by atoms with van der Waals surface area (Å²) in [6.45, 7) is -2.27. The quantitative estimate of drug-likeness (QED) is 0.0840. The van der Waals surface area contributed by atoms with Crippen molar-refractivity contribution in [1.82, 2.24) is 5.32 Å². The lowest BCUT2D eigenvalue weighted by molar-refractivity contribution is -0.292. The molecule has 0 aromatic carbocycles. The molecule has 0 radical (unpaired) electrons. The van der Waals surface area contributed by atoms with Crippen LogP contribution in [0.15, 0.2) is 0 Å². The number of hydrogen-bond donors (Lipinski definition) is 13. The minimum atomic E-state index is -3.99. The van der Waals surface area contributed by atoms with Crippen LogP contribution >= 0.6 is 0 Å². The molecule has 4 fully saturated rings. The molecule has 3 aliphatic heterocycles. The maximum absolute atomic E-state index is 14.0. The Kier molecular flexibility index (Phi) is 14.0. The number of nitrogens with two attached hydrogens (primary N) is 5. The molecule has 0 aromatic heterocycles. The number of amides is 1. The number of halogens is 2. The molecule has 3 saturated heterocycles. The van der Waals surface area contributed by atoms with Gasteiger partial charge in [-0.1, -0.05) is 0 Å². The Labute approximate surface area is 279 Å². The first kappa shape index (κ1) is 40.4. The van der Waals surface area contributed by atoms with Crippen molar-refractivity contribution in [1.29, 1.82) is 0 Å². The van der Waals surface area contributed by atoms with Gasteiger partial charge in [0.05, 0.1) is 37.4 Å². The third-order valence-corrected chi connectivity index (χ3v) is 9.22. The first-order valence-corrected chi connectivity index (χ1v) is 16.0. The molecule has 18 atom stereocenters. The lowest BCUT2D eigenvalue weighted by Gasteiger charge is -2.46. The lowest BCUT2D eigenvalue weighted by atomic mass is 9.83. The Hall–Kier alpha value is -1.39. The van der Waals surface area contributed by atoms with Crippen molar-refractivity contribution in [3.8, 4) is 0 Å². The second-order valence-corrected chi connectivity index (χ2v) is 12.8. The van der Waals surface area contributed by atoms with Crippen molar-refractivity contribution in [3.63, 3.8) is 0 Å². The monoisotopic (exact) mass is 720 g/mol. The van der Waals surface area contributed by atoms with Crippen LogP contribution in [0.4, 0.5) is 8.78 Å². The standard InChI is InChI=1S/C27H50F2N6O14/c28-27(29,7-32)23(42)24(43)35-11-3-10(33)20(47-14-2-8(37)1-9(4-30)44-14)22(16(11)38)49-26-19(41)21(13(6-36)46-26)48-25-15(34)18(40)17(39)12(5-31)45-25/h8-23,25-26,36-42H,1-7,30-34H2,(H,35,43). The van der Waals surface area contributed by atoms with Gasteiger partial charge in [-0.05, 0) is 6.42 Å². The molecule has 0 bridgehead atoms. The first-order chi connectivity index (χ1) is 23.1. The molecule has 18 N–H and O–H groups in total. The van der Waals surface area contributed by atoms with Crippen molar-refractivity contribution in [2.75, 3.05) is 26.2 Å². The Bertz CT molecular complexity index is 1080. The van der Waals surface area contributed by atoms with Gasteiger partial charge in [-0.25, -0.2) is 8.78 Å². The summed E-state index contributed by atoms with van der Waals surface area (Å²) in [6, 6.07) is -3.87. The van der Waals surface area contributed by atoms with Crippen LogP contribution in [0.5, 0.6) is 0 Å². The van der Waals surface area contributed by atoms with E-state index in [9.17, 15) is 49.3 Å². The average molecular weight is 721 g/mol. The van der Waals surface area contributed by atoms with Gasteiger partial charge in [-0.15, -0.1) is 0 Å². The van der Waals surface area contributed by atoms with Crippen LogP contribution in [0.25, 0.3) is 0 Å². The van der Waals surface area contributed by atoms with Crippen molar-refractivity contribution >= 4 is 5.91 Å². The van der Waals surface area contributed by atoms with Crippen LogP contribution in [-0.2, 0) is 33.2 Å². The van der Waals surface area contributed by atoms with E-state index >= 15 is 0 Å². The molecule has 1 amide bonds. The Balaban J connectivity index is 1.56. The van der Waals surface area contributed by atoms with Crippen LogP contribution in [0.2, 0.25) is 0 Å². The molecular formula is C27H50F2N6O14. The summed E-state index contributed by atoms with van der Waals surface area (Å²) in [4.78, 5) is 12.6. The number of aliphatic hydroxyl groups excluding tert-OH is 7. The van der Waals surface area contributed by atoms with Gasteiger partial charge in [0.15, 0.2) is 25.0 Å². The van der Waals surface area contributed by atoms with Crippen molar-refractivity contribution in [2.45, 2.75) is 135 Å². The maximum atomic E-state index is 14.0. The van der Waals surface area contributed by atoms with Gasteiger partial charge in [0.1, 0.15) is 54.9 Å². The number of alkyl halides is 2. The highest BCUT2D eigenvalue weighted by molar-refractivity contribution is 5.82. The molecule has 20 nitrogen and oxygen atoms in total. The molecule has 4 rings (SSSR count). The predicted molar refractivity (Wildman–Crippen MR) is 158 cm³/mol. The minimum absolute atomic E-state index is 0.0277. The van der Waals surface area contributed by atoms with E-state index in [2.05, 4.69) is 5.32 Å². The first-order valence-electron chi connectivity index (χ1n) is 16.0. The van der Waals surface area contributed by atoms with Gasteiger partial charge in [0.25, 0.3) is 11.8 Å². The zero-order chi connectivity index (χ0) is 36.4. The summed E-state index contributed by atoms with van der Waals surface area (Å²) in [5.74, 6) is -5.56. The van der Waals surface area contributed by atoms with E-state index in [0.29, 0.717) is 0 Å². The van der Waals surface area contributed by atoms with E-state index < -0.39 is 135 Å². The molecular weight excluding hydrogens is 670 g/mol. The summed E-state index contributed by atoms with van der Waals surface area (Å²) in [5, 5.41) is 75.6. The second-order valence-electron chi connectivity index (χ2n) is 12.8. The summed E-state index contributed by atoms with van der Waals surface area (Å²) >= 11 is 0. The molecule has 22 heteroatoms. The summed E-state index contributed by atoms with van der Waals surface area (Å²) in [7, 11) is 0. The van der Waals surface area contributed by atoms with Crippen LogP contribution in [0.3, 0.4) is 0 Å². The van der Waals surface area contributed by atoms with Gasteiger partial charge in [-0.2, -0.15) is 0 Å². The highest BCUT2D eigenvalue weighted by Gasteiger charge is 2.54. The maximum Gasteiger partial charge on any atom is 0.294 e. The van der Waals surface area contributed by atoms with E-state index in [0.717, 1.165) is 0 Å². The van der Waals surface area contributed by atoms with Gasteiger partial charge in [-0.3, -0.25) is 4.79 Å². The number of nitrogens with one attached hydrogen (secondary N) is 1. The molecule has 1 aliphatic carbocycles. The van der Waals surface area contributed by atoms with E-state index in [1.165, 1.54) is 0 Å². The Morgan fingerprint density at radius 2 is 1.47 bits per heavy atom. The number of carbonyl (C=O) groups excluding carboxylic acids is 1. The minimum Gasteiger partial charge on any atom is -0.394 e. The predicted octanol–water partition coefficient (Wildman–Crippen LogP) is -7.69. The topological polar surface area (TPSA) is 356 Å². The van der Waals surface area contributed by atoms with E-state index in [1.54, 1.807) is 0 Å². The Morgan fingerprint density at radius 3 is 2.08 bits per heavy atom. The van der Waals surface area contributed by atoms with Gasteiger partial charge >= 0.3 is 0 Å². The van der Waals surface area contributed by atoms with Crippen molar-refractivity contribution in [2.24, 2.45) is 28.7 Å². The highest BCUT2D eigenvalue weighted by Crippen LogP contribution is 2.35. The van der Waals surface area contributed by atoms with Gasteiger partial charge < -0.3 is 98.2 Å². The number of aliphatic hydroxyl groups is 7. The number of hydrogen-bond acceptors (Lipinski definition) is 19. The molecule has 0 aromatic rings. The van der Waals surface area contributed by atoms with E-state index in [1.807, 2.05) is 0 Å². The van der Waals surface area contributed by atoms with Crippen LogP contribution in [-0.4, -0.2) is 184 Å². The zero-order valence-electron chi connectivity index (χ0n) is 26.5. The van der Waals surface area contributed by atoms with Gasteiger partial charge in [0.2, 0.25) is 0 Å². The van der Waals surface area contributed by atoms with E-state index in [4.69, 9.17) is 57.1 Å². The number of ether oxygens (including phenoxy) is 6. The molecule has 0 spiro atoms. The smallest absolute Gasteiger partial charge is 0.294 e. The lowest BCUT2D eigenvalue weighted by Crippen LogP contribution is -2.67. The largest absolute Gasteiger partial charge is 0.394 e. The fraction of sp³-hybridized carbons (Fsp3) is 0.963. The van der Waals surface area contributed by atoms with Crippen LogP contribution < -0.4 is 34.0 Å². The summed E-state index contributed by atoms with van der Waals surface area (Å²) in [5.41, 5.74) is 28.7. The second kappa shape index (κ2) is 17.0. The molecule has 1 saturated carbocycles. The van der Waals surface area contributed by atoms with Crippen molar-refractivity contribution in [3.05, 3.63) is 0 Å². The van der Waals surface area contributed by atoms with E-state index in [-0.39, 0.29) is 32.4 Å². The molecule has 18 unspecified atom stereocenters. The number of carbonyl (C=O) groups is 1. The number of rotatable bonds is 13. The highest BCUT2D eigenvalue weighted by atomic mass is 19.3. The normalized spacial score (nSPS) is 45.6. The van der Waals surface area contributed by atoms with Crippen molar-refractivity contribution < 1.29 is 77.7 Å². The molecule has 286 valence electrons. The fourth-order valence-electron chi connectivity index (χ4n) is 6.35. The average Bonchev–Trinajstić information content (AvgIpc) is 3.37. The fourth-order valence-corrected chi connectivity index (χ4v) is 6.35. The van der Waals surface area contributed by atoms with Crippen LogP contribution in [0, 0.1) is 0 Å². The van der Waals surface area contributed by atoms with Gasteiger partial charge in [0, 0.05) is 32.0 Å². The molecule has 4 aliphatic rings. The Morgan fingerprint density at radius 1 is 0.816 bits per heavy atom. The SMILES string of the molecule is NCC1CC(O)CC(OC2C(N)CC(NC(=O)C(O)C(F)(F)CN)C(O)C2OC2OC(CO)C(OC3OC(CN)C(O)C(O)C3N)C2O)O1. The third kappa shape index (κ3) is 8.98. The zero-order valence-corrected chi connectivity index (χ0v) is 26.5. The summed E-state index contributed by atoms with van der Waals surface area (Å²) < 4.78 is 62.8. The molecule has 49 heavy (non-hydrogen) atoms. The molecule has 3 heterocycles. The summed E-state index contributed by atoms with van der Waals surface area (Å²) in [6.07, 6.45) is -22.0. The third-order valence-electron chi connectivity index (χ3n) is 9.22. The van der Waals surface area contributed by atoms with Crippen LogP contribution in [0.1, 0.15) is 19.3 Å².